The molecule has 0 amide bonds. The van der Waals surface area contributed by atoms with Crippen LogP contribution < -0.4 is 0 Å². The lowest BCUT2D eigenvalue weighted by atomic mass is 10.2. The molecule has 0 aliphatic rings. The molecule has 5 heteroatoms. The van der Waals surface area contributed by atoms with Crippen molar-refractivity contribution in [2.75, 3.05) is 0 Å². The van der Waals surface area contributed by atoms with Gasteiger partial charge in [0.05, 0.1) is 15.5 Å². The summed E-state index contributed by atoms with van der Waals surface area (Å²) in [6, 6.07) is 1.97. The van der Waals surface area contributed by atoms with Crippen molar-refractivity contribution < 1.29 is 4.79 Å². The van der Waals surface area contributed by atoms with Crippen LogP contribution in [0, 0.1) is 0 Å². The minimum atomic E-state index is -0.0320. The minimum Gasteiger partial charge on any atom is -0.289 e. The Bertz CT molecular complexity index is 542. The molecule has 3 nitrogen and oxygen atoms in total. The van der Waals surface area contributed by atoms with Gasteiger partial charge in [0, 0.05) is 13.2 Å². The van der Waals surface area contributed by atoms with Crippen LogP contribution in [0.1, 0.15) is 15.9 Å². The van der Waals surface area contributed by atoms with E-state index in [9.17, 15) is 4.79 Å². The number of carbonyl (C=O) groups excluding carboxylic acids is 1. The van der Waals surface area contributed by atoms with E-state index in [0.717, 1.165) is 9.35 Å². The zero-order valence-corrected chi connectivity index (χ0v) is 11.0. The molecule has 0 bridgehead atoms. The maximum absolute atomic E-state index is 11.7. The Balaban J connectivity index is 2.10. The minimum absolute atomic E-state index is 0.0320. The van der Waals surface area contributed by atoms with Gasteiger partial charge in [-0.25, -0.2) is 0 Å². The molecule has 0 fully saturated rings. The summed E-state index contributed by atoms with van der Waals surface area (Å²) < 4.78 is 2.67. The molecule has 0 N–H and O–H groups in total. The standard InChI is InChI=1S/C11H9BrN2OS/c1-14-6-9(5-13-14)10(15)3-2-8-4-11(12)16-7-8/h2-7H,1H3/b3-2+. The van der Waals surface area contributed by atoms with E-state index in [-0.39, 0.29) is 5.78 Å². The van der Waals surface area contributed by atoms with Crippen LogP contribution >= 0.6 is 27.3 Å². The van der Waals surface area contributed by atoms with Crippen LogP contribution in [-0.2, 0) is 7.05 Å². The lowest BCUT2D eigenvalue weighted by molar-refractivity contribution is 0.104. The van der Waals surface area contributed by atoms with E-state index in [2.05, 4.69) is 21.0 Å². The van der Waals surface area contributed by atoms with E-state index in [0.29, 0.717) is 5.56 Å². The Morgan fingerprint density at radius 1 is 1.62 bits per heavy atom. The van der Waals surface area contributed by atoms with Crippen LogP contribution in [0.15, 0.2) is 33.7 Å². The normalized spacial score (nSPS) is 11.1. The monoisotopic (exact) mass is 296 g/mol. The Morgan fingerprint density at radius 3 is 3.00 bits per heavy atom. The zero-order chi connectivity index (χ0) is 11.5. The second kappa shape index (κ2) is 4.76. The van der Waals surface area contributed by atoms with Gasteiger partial charge in [-0.2, -0.15) is 5.10 Å². The van der Waals surface area contributed by atoms with Gasteiger partial charge in [0.2, 0.25) is 0 Å². The predicted octanol–water partition coefficient (Wildman–Crippen LogP) is 3.14. The van der Waals surface area contributed by atoms with Crippen LogP contribution in [0.5, 0.6) is 0 Å². The van der Waals surface area contributed by atoms with Crippen LogP contribution in [0.2, 0.25) is 0 Å². The SMILES string of the molecule is Cn1cc(C(=O)/C=C/c2csc(Br)c2)cn1. The van der Waals surface area contributed by atoms with Crippen LogP contribution in [0.4, 0.5) is 0 Å². The quantitative estimate of drug-likeness (QED) is 0.644. The van der Waals surface area contributed by atoms with Crippen molar-refractivity contribution in [1.29, 1.82) is 0 Å². The number of hydrogen-bond acceptors (Lipinski definition) is 3. The summed E-state index contributed by atoms with van der Waals surface area (Å²) in [5.74, 6) is -0.0320. The van der Waals surface area contributed by atoms with Crippen molar-refractivity contribution in [3.8, 4) is 0 Å². The molecular weight excluding hydrogens is 288 g/mol. The van der Waals surface area contributed by atoms with Crippen molar-refractivity contribution in [3.05, 3.63) is 44.8 Å². The largest absolute Gasteiger partial charge is 0.289 e. The lowest BCUT2D eigenvalue weighted by Crippen LogP contribution is -1.91. The van der Waals surface area contributed by atoms with Crippen molar-refractivity contribution in [3.63, 3.8) is 0 Å². The zero-order valence-electron chi connectivity index (χ0n) is 8.55. The highest BCUT2D eigenvalue weighted by Gasteiger charge is 2.03. The van der Waals surface area contributed by atoms with Gasteiger partial charge in [0.25, 0.3) is 0 Å². The van der Waals surface area contributed by atoms with E-state index in [1.807, 2.05) is 11.4 Å². The van der Waals surface area contributed by atoms with Crippen LogP contribution in [0.25, 0.3) is 6.08 Å². The number of carbonyl (C=O) groups is 1. The maximum atomic E-state index is 11.7. The summed E-state index contributed by atoms with van der Waals surface area (Å²) >= 11 is 4.97. The van der Waals surface area contributed by atoms with Gasteiger partial charge in [-0.1, -0.05) is 6.08 Å². The van der Waals surface area contributed by atoms with E-state index in [1.165, 1.54) is 0 Å². The third kappa shape index (κ3) is 2.68. The van der Waals surface area contributed by atoms with Crippen LogP contribution in [0.3, 0.4) is 0 Å². The fraction of sp³-hybridized carbons (Fsp3) is 0.0909. The molecule has 0 aromatic carbocycles. The van der Waals surface area contributed by atoms with E-state index >= 15 is 0 Å². The summed E-state index contributed by atoms with van der Waals surface area (Å²) in [5.41, 5.74) is 1.63. The first-order valence-corrected chi connectivity index (χ1v) is 6.27. The van der Waals surface area contributed by atoms with Gasteiger partial charge in [0.15, 0.2) is 5.78 Å². The fourth-order valence-corrected chi connectivity index (χ4v) is 2.37. The fourth-order valence-electron chi connectivity index (χ4n) is 1.23. The molecule has 0 spiro atoms. The number of rotatable bonds is 3. The molecule has 2 heterocycles. The Hall–Kier alpha value is -1.20. The van der Waals surface area contributed by atoms with Gasteiger partial charge < -0.3 is 0 Å². The molecule has 0 aliphatic carbocycles. The molecule has 82 valence electrons. The number of nitrogens with zero attached hydrogens (tertiary/aromatic N) is 2. The van der Waals surface area contributed by atoms with E-state index in [1.54, 1.807) is 47.6 Å². The maximum Gasteiger partial charge on any atom is 0.189 e. The van der Waals surface area contributed by atoms with Gasteiger partial charge >= 0.3 is 0 Å². The molecule has 2 aromatic rings. The molecule has 16 heavy (non-hydrogen) atoms. The van der Waals surface area contributed by atoms with E-state index in [4.69, 9.17) is 0 Å². The van der Waals surface area contributed by atoms with Gasteiger partial charge in [-0.15, -0.1) is 11.3 Å². The molecule has 2 rings (SSSR count). The Kier molecular flexibility index (Phi) is 3.36. The number of aryl methyl sites for hydroxylation is 1. The summed E-state index contributed by atoms with van der Waals surface area (Å²) in [6.45, 7) is 0. The van der Waals surface area contributed by atoms with Crippen molar-refractivity contribution in [1.82, 2.24) is 9.78 Å². The van der Waals surface area contributed by atoms with Crippen molar-refractivity contribution in [2.45, 2.75) is 0 Å². The molecule has 0 aliphatic heterocycles. The van der Waals surface area contributed by atoms with Gasteiger partial charge in [-0.3, -0.25) is 9.48 Å². The second-order valence-corrected chi connectivity index (χ2v) is 5.57. The van der Waals surface area contributed by atoms with Crippen molar-refractivity contribution in [2.24, 2.45) is 7.05 Å². The first-order chi connectivity index (χ1) is 7.65. The molecule has 0 saturated carbocycles. The summed E-state index contributed by atoms with van der Waals surface area (Å²) in [7, 11) is 1.79. The molecule has 0 unspecified atom stereocenters. The number of aromatic nitrogens is 2. The lowest BCUT2D eigenvalue weighted by Gasteiger charge is -1.87. The smallest absolute Gasteiger partial charge is 0.189 e. The average Bonchev–Trinajstić information content (AvgIpc) is 2.84. The number of thiophene rings is 1. The topological polar surface area (TPSA) is 34.9 Å². The molecule has 0 atom stereocenters. The highest BCUT2D eigenvalue weighted by molar-refractivity contribution is 9.11. The first-order valence-electron chi connectivity index (χ1n) is 4.60. The molecular formula is C11H9BrN2OS. The summed E-state index contributed by atoms with van der Waals surface area (Å²) in [4.78, 5) is 11.7. The highest BCUT2D eigenvalue weighted by Crippen LogP contribution is 2.21. The van der Waals surface area contributed by atoms with Crippen LogP contribution in [-0.4, -0.2) is 15.6 Å². The number of halogens is 1. The number of ketones is 1. The highest BCUT2D eigenvalue weighted by atomic mass is 79.9. The second-order valence-electron chi connectivity index (χ2n) is 3.28. The molecule has 0 saturated heterocycles. The number of hydrogen-bond donors (Lipinski definition) is 0. The summed E-state index contributed by atoms with van der Waals surface area (Å²) in [5, 5.41) is 5.94. The average molecular weight is 297 g/mol. The first kappa shape index (κ1) is 11.3. The molecule has 0 radical (unpaired) electrons. The summed E-state index contributed by atoms with van der Waals surface area (Å²) in [6.07, 6.45) is 6.63. The van der Waals surface area contributed by atoms with Gasteiger partial charge in [0.1, 0.15) is 0 Å². The van der Waals surface area contributed by atoms with E-state index < -0.39 is 0 Å². The Labute approximate surface area is 106 Å². The third-order valence-electron chi connectivity index (χ3n) is 2.00. The van der Waals surface area contributed by atoms with Gasteiger partial charge in [-0.05, 0) is 39.0 Å². The van der Waals surface area contributed by atoms with Crippen molar-refractivity contribution >= 4 is 39.1 Å². The Morgan fingerprint density at radius 2 is 2.44 bits per heavy atom. The molecule has 2 aromatic heterocycles. The number of allylic oxidation sites excluding steroid dienone is 1. The predicted molar refractivity (Wildman–Crippen MR) is 68.6 cm³/mol. The third-order valence-corrected chi connectivity index (χ3v) is 3.53.